The molecule has 0 aliphatic carbocycles. The lowest BCUT2D eigenvalue weighted by atomic mass is 9.97. The Labute approximate surface area is 114 Å². The highest BCUT2D eigenvalue weighted by molar-refractivity contribution is 5.77. The molecule has 1 N–H and O–H groups in total. The molecule has 19 heavy (non-hydrogen) atoms. The van der Waals surface area contributed by atoms with Gasteiger partial charge in [-0.3, -0.25) is 4.79 Å². The molecule has 0 spiro atoms. The fourth-order valence-corrected chi connectivity index (χ4v) is 2.17. The Kier molecular flexibility index (Phi) is 3.80. The lowest BCUT2D eigenvalue weighted by Crippen LogP contribution is -2.61. The van der Waals surface area contributed by atoms with Gasteiger partial charge < -0.3 is 14.7 Å². The van der Waals surface area contributed by atoms with Gasteiger partial charge in [0.25, 0.3) is 0 Å². The van der Waals surface area contributed by atoms with E-state index in [1.807, 2.05) is 25.1 Å². The van der Waals surface area contributed by atoms with Gasteiger partial charge in [-0.1, -0.05) is 6.07 Å². The Morgan fingerprint density at radius 2 is 2.05 bits per heavy atom. The van der Waals surface area contributed by atoms with Gasteiger partial charge in [0.2, 0.25) is 5.91 Å². The molecule has 2 rings (SSSR count). The van der Waals surface area contributed by atoms with Gasteiger partial charge in [-0.25, -0.2) is 0 Å². The number of likely N-dealkylation sites (tertiary alicyclic amines) is 1. The van der Waals surface area contributed by atoms with E-state index < -0.39 is 5.60 Å². The maximum absolute atomic E-state index is 11.8. The average molecular weight is 263 g/mol. The van der Waals surface area contributed by atoms with Gasteiger partial charge in [0.1, 0.15) is 5.75 Å². The molecule has 4 heteroatoms. The van der Waals surface area contributed by atoms with E-state index in [1.165, 1.54) is 11.1 Å². The normalized spacial score (nSPS) is 16.9. The predicted molar refractivity (Wildman–Crippen MR) is 73.2 cm³/mol. The molecule has 1 amide bonds. The third kappa shape index (κ3) is 3.47. The van der Waals surface area contributed by atoms with Gasteiger partial charge in [-0.15, -0.1) is 0 Å². The molecule has 1 aromatic carbocycles. The minimum absolute atomic E-state index is 0.0374. The van der Waals surface area contributed by atoms with Crippen LogP contribution in [0.4, 0.5) is 0 Å². The molecule has 1 aliphatic heterocycles. The van der Waals surface area contributed by atoms with Crippen molar-refractivity contribution in [3.8, 4) is 5.75 Å². The highest BCUT2D eigenvalue weighted by Crippen LogP contribution is 2.21. The highest BCUT2D eigenvalue weighted by Gasteiger charge is 2.38. The topological polar surface area (TPSA) is 49.8 Å². The molecule has 0 saturated carbocycles. The van der Waals surface area contributed by atoms with E-state index >= 15 is 0 Å². The summed E-state index contributed by atoms with van der Waals surface area (Å²) < 4.78 is 5.57. The minimum atomic E-state index is -0.704. The zero-order valence-corrected chi connectivity index (χ0v) is 11.8. The molecule has 1 aliphatic rings. The smallest absolute Gasteiger partial charge is 0.226 e. The third-order valence-corrected chi connectivity index (χ3v) is 3.48. The first-order chi connectivity index (χ1) is 8.87. The van der Waals surface area contributed by atoms with Crippen molar-refractivity contribution in [1.29, 1.82) is 0 Å². The number of carbonyl (C=O) groups is 1. The lowest BCUT2D eigenvalue weighted by molar-refractivity contribution is -0.152. The number of carbonyl (C=O) groups excluding carboxylic acids is 1. The van der Waals surface area contributed by atoms with Crippen molar-refractivity contribution >= 4 is 5.91 Å². The largest absolute Gasteiger partial charge is 0.493 e. The highest BCUT2D eigenvalue weighted by atomic mass is 16.5. The molecule has 4 nitrogen and oxygen atoms in total. The van der Waals surface area contributed by atoms with Crippen molar-refractivity contribution in [2.24, 2.45) is 0 Å². The van der Waals surface area contributed by atoms with Gasteiger partial charge in [0.05, 0.1) is 31.7 Å². The van der Waals surface area contributed by atoms with Crippen LogP contribution in [0, 0.1) is 13.8 Å². The standard InChI is InChI=1S/C15H21NO3/c1-11-4-5-13(8-12(11)2)19-7-6-14(17)16-9-15(3,18)10-16/h4-5,8,18H,6-7,9-10H2,1-3H3. The Balaban J connectivity index is 1.74. The van der Waals surface area contributed by atoms with Crippen LogP contribution >= 0.6 is 0 Å². The minimum Gasteiger partial charge on any atom is -0.493 e. The molecular formula is C15H21NO3. The third-order valence-electron chi connectivity index (χ3n) is 3.48. The van der Waals surface area contributed by atoms with E-state index in [1.54, 1.807) is 11.8 Å². The Hall–Kier alpha value is -1.55. The summed E-state index contributed by atoms with van der Waals surface area (Å²) >= 11 is 0. The second kappa shape index (κ2) is 5.21. The predicted octanol–water partition coefficient (Wildman–Crippen LogP) is 1.67. The summed E-state index contributed by atoms with van der Waals surface area (Å²) in [6, 6.07) is 5.91. The average Bonchev–Trinajstić information content (AvgIpc) is 2.30. The molecule has 1 aromatic rings. The number of hydrogen-bond donors (Lipinski definition) is 1. The van der Waals surface area contributed by atoms with Gasteiger partial charge in [0, 0.05) is 0 Å². The lowest BCUT2D eigenvalue weighted by Gasteiger charge is -2.44. The number of hydrogen-bond acceptors (Lipinski definition) is 3. The van der Waals surface area contributed by atoms with Crippen LogP contribution in [0.3, 0.4) is 0 Å². The van der Waals surface area contributed by atoms with Crippen molar-refractivity contribution in [3.63, 3.8) is 0 Å². The number of ether oxygens (including phenoxy) is 1. The van der Waals surface area contributed by atoms with Crippen molar-refractivity contribution in [1.82, 2.24) is 4.90 Å². The van der Waals surface area contributed by atoms with Crippen LogP contribution in [0.15, 0.2) is 18.2 Å². The van der Waals surface area contributed by atoms with Crippen molar-refractivity contribution in [2.75, 3.05) is 19.7 Å². The number of rotatable bonds is 4. The van der Waals surface area contributed by atoms with Gasteiger partial charge in [0.15, 0.2) is 0 Å². The molecule has 1 heterocycles. The number of aryl methyl sites for hydroxylation is 2. The van der Waals surface area contributed by atoms with Crippen LogP contribution in [0.2, 0.25) is 0 Å². The Morgan fingerprint density at radius 3 is 2.63 bits per heavy atom. The van der Waals surface area contributed by atoms with Crippen molar-refractivity contribution in [2.45, 2.75) is 32.8 Å². The fraction of sp³-hybridized carbons (Fsp3) is 0.533. The quantitative estimate of drug-likeness (QED) is 0.899. The van der Waals surface area contributed by atoms with Gasteiger partial charge >= 0.3 is 0 Å². The zero-order valence-electron chi connectivity index (χ0n) is 11.8. The Morgan fingerprint density at radius 1 is 1.37 bits per heavy atom. The van der Waals surface area contributed by atoms with Crippen LogP contribution in [0.5, 0.6) is 5.75 Å². The maximum atomic E-state index is 11.8. The fourth-order valence-electron chi connectivity index (χ4n) is 2.17. The van der Waals surface area contributed by atoms with E-state index in [0.29, 0.717) is 26.1 Å². The number of nitrogens with zero attached hydrogens (tertiary/aromatic N) is 1. The number of β-amino-alcohol motifs (C(OH)–C–C–N with tert-alkyl or cyclic N) is 1. The van der Waals surface area contributed by atoms with E-state index in [0.717, 1.165) is 5.75 Å². The second-order valence-corrected chi connectivity index (χ2v) is 5.59. The molecule has 0 radical (unpaired) electrons. The monoisotopic (exact) mass is 263 g/mol. The Bertz CT molecular complexity index is 474. The summed E-state index contributed by atoms with van der Waals surface area (Å²) in [5.41, 5.74) is 1.71. The van der Waals surface area contributed by atoms with Crippen LogP contribution in [-0.2, 0) is 4.79 Å². The van der Waals surface area contributed by atoms with Crippen LogP contribution in [0.25, 0.3) is 0 Å². The summed E-state index contributed by atoms with van der Waals surface area (Å²) in [7, 11) is 0. The summed E-state index contributed by atoms with van der Waals surface area (Å²) in [5, 5.41) is 9.57. The molecule has 1 saturated heterocycles. The van der Waals surface area contributed by atoms with E-state index in [2.05, 4.69) is 6.92 Å². The van der Waals surface area contributed by atoms with Gasteiger partial charge in [-0.2, -0.15) is 0 Å². The molecule has 0 unspecified atom stereocenters. The maximum Gasteiger partial charge on any atom is 0.226 e. The number of amides is 1. The second-order valence-electron chi connectivity index (χ2n) is 5.59. The van der Waals surface area contributed by atoms with Crippen LogP contribution in [-0.4, -0.2) is 41.2 Å². The first-order valence-corrected chi connectivity index (χ1v) is 6.58. The molecule has 0 atom stereocenters. The number of aliphatic hydroxyl groups is 1. The SMILES string of the molecule is Cc1ccc(OCCC(=O)N2CC(C)(O)C2)cc1C. The molecule has 104 valence electrons. The van der Waals surface area contributed by atoms with E-state index in [-0.39, 0.29) is 5.91 Å². The van der Waals surface area contributed by atoms with Crippen LogP contribution in [0.1, 0.15) is 24.5 Å². The van der Waals surface area contributed by atoms with Crippen molar-refractivity contribution < 1.29 is 14.6 Å². The molecule has 0 bridgehead atoms. The molecule has 0 aromatic heterocycles. The van der Waals surface area contributed by atoms with Crippen molar-refractivity contribution in [3.05, 3.63) is 29.3 Å². The first kappa shape index (κ1) is 13.9. The van der Waals surface area contributed by atoms with Crippen LogP contribution < -0.4 is 4.74 Å². The molecular weight excluding hydrogens is 242 g/mol. The van der Waals surface area contributed by atoms with E-state index in [9.17, 15) is 9.90 Å². The summed E-state index contributed by atoms with van der Waals surface area (Å²) in [6.45, 7) is 7.06. The summed E-state index contributed by atoms with van der Waals surface area (Å²) in [5.74, 6) is 0.835. The van der Waals surface area contributed by atoms with Gasteiger partial charge in [-0.05, 0) is 44.0 Å². The summed E-state index contributed by atoms with van der Waals surface area (Å²) in [6.07, 6.45) is 0.350. The van der Waals surface area contributed by atoms with E-state index in [4.69, 9.17) is 4.74 Å². The first-order valence-electron chi connectivity index (χ1n) is 6.58. The zero-order chi connectivity index (χ0) is 14.0. The molecule has 1 fully saturated rings. The summed E-state index contributed by atoms with van der Waals surface area (Å²) in [4.78, 5) is 13.4. The number of benzene rings is 1.